The molecule has 0 atom stereocenters. The van der Waals surface area contributed by atoms with Crippen LogP contribution in [0.3, 0.4) is 0 Å². The molecule has 3 heteroatoms. The van der Waals surface area contributed by atoms with E-state index in [0.717, 1.165) is 25.0 Å². The van der Waals surface area contributed by atoms with E-state index in [1.54, 1.807) is 6.07 Å². The Balaban J connectivity index is 2.41. The van der Waals surface area contributed by atoms with Crippen molar-refractivity contribution in [3.05, 3.63) is 28.2 Å². The van der Waals surface area contributed by atoms with Crippen LogP contribution in [0.25, 0.3) is 0 Å². The van der Waals surface area contributed by atoms with Crippen LogP contribution in [0.4, 0.5) is 5.69 Å². The van der Waals surface area contributed by atoms with Gasteiger partial charge in [0.25, 0.3) is 5.56 Å². The Labute approximate surface area is 96.3 Å². The molecule has 16 heavy (non-hydrogen) atoms. The van der Waals surface area contributed by atoms with Crippen molar-refractivity contribution in [2.45, 2.75) is 51.5 Å². The highest BCUT2D eigenvalue weighted by atomic mass is 16.1. The Kier molecular flexibility index (Phi) is 3.32. The van der Waals surface area contributed by atoms with Gasteiger partial charge in [-0.25, -0.2) is 0 Å². The second kappa shape index (κ2) is 4.73. The Morgan fingerprint density at radius 2 is 2.00 bits per heavy atom. The maximum atomic E-state index is 12.0. The second-order valence-corrected chi connectivity index (χ2v) is 4.63. The fourth-order valence-electron chi connectivity index (χ4n) is 2.68. The molecule has 0 radical (unpaired) electrons. The summed E-state index contributed by atoms with van der Waals surface area (Å²) in [5.41, 5.74) is 7.47. The van der Waals surface area contributed by atoms with Gasteiger partial charge in [0.2, 0.25) is 0 Å². The van der Waals surface area contributed by atoms with E-state index in [4.69, 9.17) is 5.73 Å². The number of hydrogen-bond donors (Lipinski definition) is 1. The molecular formula is C13H20N2O. The van der Waals surface area contributed by atoms with Crippen LogP contribution in [-0.2, 0) is 6.42 Å². The number of rotatable bonds is 2. The number of aryl methyl sites for hydroxylation is 1. The molecule has 0 unspecified atom stereocenters. The van der Waals surface area contributed by atoms with Crippen molar-refractivity contribution in [1.29, 1.82) is 0 Å². The summed E-state index contributed by atoms with van der Waals surface area (Å²) in [7, 11) is 0. The van der Waals surface area contributed by atoms with E-state index in [2.05, 4.69) is 6.92 Å². The van der Waals surface area contributed by atoms with E-state index in [9.17, 15) is 4.79 Å². The third-order valence-corrected chi connectivity index (χ3v) is 3.47. The van der Waals surface area contributed by atoms with Crippen molar-refractivity contribution >= 4 is 5.69 Å². The molecule has 1 saturated carbocycles. The zero-order valence-electron chi connectivity index (χ0n) is 9.91. The van der Waals surface area contributed by atoms with Gasteiger partial charge >= 0.3 is 0 Å². The lowest BCUT2D eigenvalue weighted by atomic mass is 9.94. The fourth-order valence-corrected chi connectivity index (χ4v) is 2.68. The SMILES string of the molecule is CCc1cc(N)cc(=O)n1C1CCCCC1. The van der Waals surface area contributed by atoms with Gasteiger partial charge in [-0.1, -0.05) is 26.2 Å². The normalized spacial score (nSPS) is 17.6. The second-order valence-electron chi connectivity index (χ2n) is 4.63. The van der Waals surface area contributed by atoms with Crippen LogP contribution in [0.1, 0.15) is 50.8 Å². The van der Waals surface area contributed by atoms with Gasteiger partial charge in [-0.15, -0.1) is 0 Å². The highest BCUT2D eigenvalue weighted by molar-refractivity contribution is 5.38. The smallest absolute Gasteiger partial charge is 0.253 e. The third-order valence-electron chi connectivity index (χ3n) is 3.47. The largest absolute Gasteiger partial charge is 0.399 e. The monoisotopic (exact) mass is 220 g/mol. The average molecular weight is 220 g/mol. The zero-order chi connectivity index (χ0) is 11.5. The van der Waals surface area contributed by atoms with Gasteiger partial charge in [0.1, 0.15) is 0 Å². The Morgan fingerprint density at radius 3 is 2.62 bits per heavy atom. The summed E-state index contributed by atoms with van der Waals surface area (Å²) >= 11 is 0. The molecule has 1 heterocycles. The quantitative estimate of drug-likeness (QED) is 0.832. The van der Waals surface area contributed by atoms with Crippen LogP contribution < -0.4 is 11.3 Å². The molecule has 2 rings (SSSR count). The average Bonchev–Trinajstić information content (AvgIpc) is 2.29. The molecule has 1 aromatic rings. The number of nitrogens with zero attached hydrogens (tertiary/aromatic N) is 1. The topological polar surface area (TPSA) is 48.0 Å². The highest BCUT2D eigenvalue weighted by Crippen LogP contribution is 2.28. The number of nitrogen functional groups attached to an aromatic ring is 1. The molecule has 2 N–H and O–H groups in total. The Bertz CT molecular complexity index is 416. The van der Waals surface area contributed by atoms with Crippen LogP contribution in [0.5, 0.6) is 0 Å². The molecule has 3 nitrogen and oxygen atoms in total. The van der Waals surface area contributed by atoms with Crippen LogP contribution >= 0.6 is 0 Å². The van der Waals surface area contributed by atoms with Crippen molar-refractivity contribution in [1.82, 2.24) is 4.57 Å². The van der Waals surface area contributed by atoms with E-state index in [1.165, 1.54) is 19.3 Å². The lowest BCUT2D eigenvalue weighted by Crippen LogP contribution is -2.28. The third kappa shape index (κ3) is 2.13. The number of aromatic nitrogens is 1. The van der Waals surface area contributed by atoms with E-state index in [-0.39, 0.29) is 5.56 Å². The summed E-state index contributed by atoms with van der Waals surface area (Å²) in [5.74, 6) is 0. The molecule has 88 valence electrons. The van der Waals surface area contributed by atoms with Crippen molar-refractivity contribution < 1.29 is 0 Å². The van der Waals surface area contributed by atoms with Gasteiger partial charge in [-0.2, -0.15) is 0 Å². The minimum atomic E-state index is 0.0729. The first-order valence-corrected chi connectivity index (χ1v) is 6.23. The molecule has 1 aliphatic carbocycles. The first-order chi connectivity index (χ1) is 7.72. The fraction of sp³-hybridized carbons (Fsp3) is 0.615. The highest BCUT2D eigenvalue weighted by Gasteiger charge is 2.18. The number of anilines is 1. The minimum Gasteiger partial charge on any atom is -0.399 e. The van der Waals surface area contributed by atoms with Gasteiger partial charge < -0.3 is 10.3 Å². The van der Waals surface area contributed by atoms with Gasteiger partial charge in [0.05, 0.1) is 0 Å². The zero-order valence-corrected chi connectivity index (χ0v) is 9.91. The van der Waals surface area contributed by atoms with Gasteiger partial charge in [0, 0.05) is 23.5 Å². The summed E-state index contributed by atoms with van der Waals surface area (Å²) in [6.45, 7) is 2.08. The lowest BCUT2D eigenvalue weighted by Gasteiger charge is -2.26. The molecule has 0 aliphatic heterocycles. The number of hydrogen-bond acceptors (Lipinski definition) is 2. The Hall–Kier alpha value is -1.25. The molecule has 1 fully saturated rings. The lowest BCUT2D eigenvalue weighted by molar-refractivity contribution is 0.339. The van der Waals surface area contributed by atoms with Gasteiger partial charge in [-0.3, -0.25) is 4.79 Å². The van der Waals surface area contributed by atoms with Crippen molar-refractivity contribution in [2.24, 2.45) is 0 Å². The summed E-state index contributed by atoms with van der Waals surface area (Å²) < 4.78 is 1.97. The summed E-state index contributed by atoms with van der Waals surface area (Å²) in [4.78, 5) is 12.0. The number of nitrogens with two attached hydrogens (primary N) is 1. The first-order valence-electron chi connectivity index (χ1n) is 6.23. The molecule has 1 aliphatic rings. The van der Waals surface area contributed by atoms with E-state index in [0.29, 0.717) is 11.7 Å². The standard InChI is InChI=1S/C13H20N2O/c1-2-11-8-10(14)9-13(16)15(11)12-6-4-3-5-7-12/h8-9,12H,2-7,14H2,1H3. The van der Waals surface area contributed by atoms with Crippen LogP contribution in [0, 0.1) is 0 Å². The van der Waals surface area contributed by atoms with Crippen LogP contribution in [-0.4, -0.2) is 4.57 Å². The van der Waals surface area contributed by atoms with Crippen molar-refractivity contribution in [3.63, 3.8) is 0 Å². The van der Waals surface area contributed by atoms with E-state index in [1.807, 2.05) is 10.6 Å². The molecule has 0 amide bonds. The maximum absolute atomic E-state index is 12.0. The molecule has 1 aromatic heterocycles. The summed E-state index contributed by atoms with van der Waals surface area (Å²) in [5, 5.41) is 0. The molecule has 0 aromatic carbocycles. The van der Waals surface area contributed by atoms with Gasteiger partial charge in [0.15, 0.2) is 0 Å². The summed E-state index contributed by atoms with van der Waals surface area (Å²) in [6.07, 6.45) is 6.93. The molecule has 0 saturated heterocycles. The number of pyridine rings is 1. The first kappa shape index (κ1) is 11.2. The predicted octanol–water partition coefficient (Wildman–Crippen LogP) is 2.50. The summed E-state index contributed by atoms with van der Waals surface area (Å²) in [6, 6.07) is 3.89. The van der Waals surface area contributed by atoms with E-state index >= 15 is 0 Å². The van der Waals surface area contributed by atoms with Crippen LogP contribution in [0.2, 0.25) is 0 Å². The maximum Gasteiger partial charge on any atom is 0.253 e. The minimum absolute atomic E-state index is 0.0729. The molecule has 0 spiro atoms. The molecular weight excluding hydrogens is 200 g/mol. The van der Waals surface area contributed by atoms with Crippen LogP contribution in [0.15, 0.2) is 16.9 Å². The van der Waals surface area contributed by atoms with E-state index < -0.39 is 0 Å². The predicted molar refractivity (Wildman–Crippen MR) is 66.6 cm³/mol. The van der Waals surface area contributed by atoms with Gasteiger partial charge in [-0.05, 0) is 25.3 Å². The molecule has 0 bridgehead atoms. The Morgan fingerprint density at radius 1 is 1.31 bits per heavy atom. The van der Waals surface area contributed by atoms with Crippen molar-refractivity contribution in [3.8, 4) is 0 Å². The van der Waals surface area contributed by atoms with Crippen molar-refractivity contribution in [2.75, 3.05) is 5.73 Å².